The molecule has 0 aliphatic heterocycles. The zero-order valence-electron chi connectivity index (χ0n) is 11.0. The SMILES string of the molecule is COc1cc(OC)cc(C2(CN)CC2(C)C)c1. The lowest BCUT2D eigenvalue weighted by molar-refractivity contribution is 0.390. The molecule has 0 aromatic heterocycles. The number of benzene rings is 1. The molecule has 0 amide bonds. The Labute approximate surface area is 103 Å². The van der Waals surface area contributed by atoms with Crippen molar-refractivity contribution in [3.63, 3.8) is 0 Å². The Morgan fingerprint density at radius 3 is 1.88 bits per heavy atom. The lowest BCUT2D eigenvalue weighted by Gasteiger charge is -2.20. The van der Waals surface area contributed by atoms with Crippen LogP contribution in [0.3, 0.4) is 0 Å². The van der Waals surface area contributed by atoms with Gasteiger partial charge in [0.05, 0.1) is 14.2 Å². The summed E-state index contributed by atoms with van der Waals surface area (Å²) in [6.07, 6.45) is 1.12. The van der Waals surface area contributed by atoms with Crippen molar-refractivity contribution < 1.29 is 9.47 Å². The smallest absolute Gasteiger partial charge is 0.122 e. The number of hydrogen-bond acceptors (Lipinski definition) is 3. The van der Waals surface area contributed by atoms with Crippen molar-refractivity contribution in [3.05, 3.63) is 23.8 Å². The van der Waals surface area contributed by atoms with Gasteiger partial charge in [-0.25, -0.2) is 0 Å². The molecule has 1 saturated carbocycles. The molecule has 0 bridgehead atoms. The molecule has 2 rings (SSSR count). The van der Waals surface area contributed by atoms with E-state index in [0.717, 1.165) is 17.9 Å². The van der Waals surface area contributed by atoms with Crippen LogP contribution in [0.1, 0.15) is 25.8 Å². The summed E-state index contributed by atoms with van der Waals surface area (Å²) in [5, 5.41) is 0. The van der Waals surface area contributed by atoms with Gasteiger partial charge in [-0.1, -0.05) is 13.8 Å². The Hall–Kier alpha value is -1.22. The van der Waals surface area contributed by atoms with Gasteiger partial charge >= 0.3 is 0 Å². The molecule has 1 unspecified atom stereocenters. The summed E-state index contributed by atoms with van der Waals surface area (Å²) in [6, 6.07) is 6.04. The van der Waals surface area contributed by atoms with Crippen LogP contribution in [0, 0.1) is 5.41 Å². The standard InChI is InChI=1S/C14H21NO2/c1-13(2)8-14(13,9-15)10-5-11(16-3)7-12(6-10)17-4/h5-7H,8-9,15H2,1-4H3. The first-order chi connectivity index (χ1) is 7.99. The van der Waals surface area contributed by atoms with Crippen LogP contribution in [-0.4, -0.2) is 20.8 Å². The molecule has 94 valence electrons. The van der Waals surface area contributed by atoms with E-state index in [1.807, 2.05) is 6.07 Å². The molecule has 1 atom stereocenters. The number of nitrogens with two attached hydrogens (primary N) is 1. The van der Waals surface area contributed by atoms with Crippen molar-refractivity contribution >= 4 is 0 Å². The van der Waals surface area contributed by atoms with E-state index in [9.17, 15) is 0 Å². The molecule has 3 heteroatoms. The minimum atomic E-state index is 0.0782. The Morgan fingerprint density at radius 1 is 1.12 bits per heavy atom. The first kappa shape index (κ1) is 12.2. The third-order valence-electron chi connectivity index (χ3n) is 4.17. The maximum atomic E-state index is 5.98. The van der Waals surface area contributed by atoms with Gasteiger partial charge in [0.15, 0.2) is 0 Å². The third-order valence-corrected chi connectivity index (χ3v) is 4.17. The van der Waals surface area contributed by atoms with Crippen LogP contribution in [0.15, 0.2) is 18.2 Å². The van der Waals surface area contributed by atoms with Gasteiger partial charge in [0.2, 0.25) is 0 Å². The second kappa shape index (κ2) is 3.91. The van der Waals surface area contributed by atoms with Gasteiger partial charge in [0, 0.05) is 18.0 Å². The summed E-state index contributed by atoms with van der Waals surface area (Å²) >= 11 is 0. The first-order valence-corrected chi connectivity index (χ1v) is 5.93. The predicted octanol–water partition coefficient (Wildman–Crippen LogP) is 2.33. The second-order valence-electron chi connectivity index (χ2n) is 5.45. The van der Waals surface area contributed by atoms with Crippen LogP contribution in [0.4, 0.5) is 0 Å². The molecular formula is C14H21NO2. The number of ether oxygens (including phenoxy) is 2. The van der Waals surface area contributed by atoms with E-state index in [-0.39, 0.29) is 10.8 Å². The summed E-state index contributed by atoms with van der Waals surface area (Å²) in [5.74, 6) is 1.66. The van der Waals surface area contributed by atoms with Crippen molar-refractivity contribution in [1.29, 1.82) is 0 Å². The van der Waals surface area contributed by atoms with E-state index in [1.165, 1.54) is 5.56 Å². The Balaban J connectivity index is 2.45. The zero-order valence-corrected chi connectivity index (χ0v) is 11.0. The van der Waals surface area contributed by atoms with Gasteiger partial charge in [0.1, 0.15) is 11.5 Å². The Bertz CT molecular complexity index is 406. The molecule has 1 aromatic rings. The number of methoxy groups -OCH3 is 2. The summed E-state index contributed by atoms with van der Waals surface area (Å²) in [7, 11) is 3.34. The molecule has 0 saturated heterocycles. The van der Waals surface area contributed by atoms with E-state index in [4.69, 9.17) is 15.2 Å². The fourth-order valence-corrected chi connectivity index (χ4v) is 2.75. The molecule has 1 fully saturated rings. The first-order valence-electron chi connectivity index (χ1n) is 5.93. The second-order valence-corrected chi connectivity index (χ2v) is 5.45. The molecule has 1 aliphatic carbocycles. The molecule has 1 aliphatic rings. The Morgan fingerprint density at radius 2 is 1.59 bits per heavy atom. The van der Waals surface area contributed by atoms with E-state index >= 15 is 0 Å². The summed E-state index contributed by atoms with van der Waals surface area (Å²) < 4.78 is 10.6. The molecule has 0 spiro atoms. The van der Waals surface area contributed by atoms with Crippen LogP contribution < -0.4 is 15.2 Å². The van der Waals surface area contributed by atoms with E-state index < -0.39 is 0 Å². The number of hydrogen-bond donors (Lipinski definition) is 1. The summed E-state index contributed by atoms with van der Waals surface area (Å²) in [4.78, 5) is 0. The average Bonchev–Trinajstić information content (AvgIpc) is 2.92. The van der Waals surface area contributed by atoms with Crippen molar-refractivity contribution in [3.8, 4) is 11.5 Å². The van der Waals surface area contributed by atoms with E-state index in [1.54, 1.807) is 14.2 Å². The monoisotopic (exact) mass is 235 g/mol. The molecular weight excluding hydrogens is 214 g/mol. The van der Waals surface area contributed by atoms with Crippen molar-refractivity contribution in [2.24, 2.45) is 11.1 Å². The van der Waals surface area contributed by atoms with Crippen LogP contribution in [0.25, 0.3) is 0 Å². The highest BCUT2D eigenvalue weighted by atomic mass is 16.5. The van der Waals surface area contributed by atoms with Gasteiger partial charge in [-0.2, -0.15) is 0 Å². The van der Waals surface area contributed by atoms with Crippen LogP contribution in [-0.2, 0) is 5.41 Å². The fraction of sp³-hybridized carbons (Fsp3) is 0.571. The average molecular weight is 235 g/mol. The summed E-state index contributed by atoms with van der Waals surface area (Å²) in [6.45, 7) is 5.17. The molecule has 2 N–H and O–H groups in total. The lowest BCUT2D eigenvalue weighted by Crippen LogP contribution is -2.25. The van der Waals surface area contributed by atoms with Gasteiger partial charge in [0.25, 0.3) is 0 Å². The maximum absolute atomic E-state index is 5.98. The molecule has 0 radical (unpaired) electrons. The lowest BCUT2D eigenvalue weighted by atomic mass is 9.88. The van der Waals surface area contributed by atoms with Gasteiger partial charge in [-0.05, 0) is 29.5 Å². The Kier molecular flexibility index (Phi) is 2.82. The third kappa shape index (κ3) is 1.78. The van der Waals surface area contributed by atoms with Gasteiger partial charge in [-0.3, -0.25) is 0 Å². The highest BCUT2D eigenvalue weighted by Crippen LogP contribution is 2.64. The van der Waals surface area contributed by atoms with Crippen molar-refractivity contribution in [2.45, 2.75) is 25.7 Å². The molecule has 3 nitrogen and oxygen atoms in total. The predicted molar refractivity (Wildman–Crippen MR) is 68.7 cm³/mol. The fourth-order valence-electron chi connectivity index (χ4n) is 2.75. The highest BCUT2D eigenvalue weighted by molar-refractivity contribution is 5.47. The highest BCUT2D eigenvalue weighted by Gasteiger charge is 2.61. The van der Waals surface area contributed by atoms with Crippen molar-refractivity contribution in [2.75, 3.05) is 20.8 Å². The molecule has 17 heavy (non-hydrogen) atoms. The zero-order chi connectivity index (χ0) is 12.7. The van der Waals surface area contributed by atoms with E-state index in [0.29, 0.717) is 6.54 Å². The van der Waals surface area contributed by atoms with Crippen LogP contribution >= 0.6 is 0 Å². The quantitative estimate of drug-likeness (QED) is 0.871. The molecule has 0 heterocycles. The van der Waals surface area contributed by atoms with Crippen molar-refractivity contribution in [1.82, 2.24) is 0 Å². The minimum Gasteiger partial charge on any atom is -0.497 e. The van der Waals surface area contributed by atoms with Gasteiger partial charge in [-0.15, -0.1) is 0 Å². The van der Waals surface area contributed by atoms with E-state index in [2.05, 4.69) is 26.0 Å². The van der Waals surface area contributed by atoms with Crippen LogP contribution in [0.2, 0.25) is 0 Å². The minimum absolute atomic E-state index is 0.0782. The molecule has 1 aromatic carbocycles. The normalized spacial score (nSPS) is 25.5. The summed E-state index contributed by atoms with van der Waals surface area (Å²) in [5.41, 5.74) is 7.54. The van der Waals surface area contributed by atoms with Crippen LogP contribution in [0.5, 0.6) is 11.5 Å². The maximum Gasteiger partial charge on any atom is 0.122 e. The topological polar surface area (TPSA) is 44.5 Å². The number of rotatable bonds is 4. The van der Waals surface area contributed by atoms with Gasteiger partial charge < -0.3 is 15.2 Å². The largest absolute Gasteiger partial charge is 0.497 e.